The van der Waals surface area contributed by atoms with Gasteiger partial charge in [0.25, 0.3) is 0 Å². The van der Waals surface area contributed by atoms with Crippen molar-refractivity contribution in [2.45, 2.75) is 70.6 Å². The van der Waals surface area contributed by atoms with Crippen LogP contribution in [0.1, 0.15) is 70.6 Å². The molecule has 0 aliphatic rings. The largest absolute Gasteiger partial charge is 0.396 e. The fourth-order valence-corrected chi connectivity index (χ4v) is 1.83. The first kappa shape index (κ1) is 15.4. The molecule has 0 bridgehead atoms. The third-order valence-corrected chi connectivity index (χ3v) is 2.84. The summed E-state index contributed by atoms with van der Waals surface area (Å²) >= 11 is 0. The summed E-state index contributed by atoms with van der Waals surface area (Å²) in [6, 6.07) is 0. The first-order valence-electron chi connectivity index (χ1n) is 6.72. The second-order valence-corrected chi connectivity index (χ2v) is 4.37. The van der Waals surface area contributed by atoms with Crippen molar-refractivity contribution in [1.29, 1.82) is 0 Å². The van der Waals surface area contributed by atoms with E-state index in [2.05, 4.69) is 0 Å². The second kappa shape index (κ2) is 14.4. The predicted molar refractivity (Wildman–Crippen MR) is 68.1 cm³/mol. The molecule has 0 rings (SSSR count). The van der Waals surface area contributed by atoms with Crippen LogP contribution in [-0.2, 0) is 4.79 Å². The van der Waals surface area contributed by atoms with Crippen molar-refractivity contribution in [1.82, 2.24) is 0 Å². The lowest BCUT2D eigenvalue weighted by Crippen LogP contribution is -1.84. The Bertz CT molecular complexity index is 172. The molecule has 0 saturated carbocycles. The molecule has 16 heavy (non-hydrogen) atoms. The fraction of sp³-hybridized carbons (Fsp3) is 0.857. The van der Waals surface area contributed by atoms with E-state index in [1.807, 2.05) is 5.94 Å². The van der Waals surface area contributed by atoms with Crippen LogP contribution in [0.25, 0.3) is 0 Å². The van der Waals surface area contributed by atoms with Gasteiger partial charge in [0.15, 0.2) is 0 Å². The zero-order valence-corrected chi connectivity index (χ0v) is 10.4. The number of rotatable bonds is 12. The molecular weight excluding hydrogens is 200 g/mol. The van der Waals surface area contributed by atoms with E-state index >= 15 is 0 Å². The van der Waals surface area contributed by atoms with E-state index in [1.165, 1.54) is 51.4 Å². The van der Waals surface area contributed by atoms with Gasteiger partial charge >= 0.3 is 0 Å². The van der Waals surface area contributed by atoms with E-state index in [0.29, 0.717) is 6.61 Å². The van der Waals surface area contributed by atoms with E-state index in [4.69, 9.17) is 5.11 Å². The topological polar surface area (TPSA) is 37.3 Å². The molecule has 0 radical (unpaired) electrons. The van der Waals surface area contributed by atoms with Gasteiger partial charge in [0.05, 0.1) is 0 Å². The maximum Gasteiger partial charge on any atom is 0.120 e. The van der Waals surface area contributed by atoms with Crippen LogP contribution >= 0.6 is 0 Å². The minimum Gasteiger partial charge on any atom is -0.396 e. The zero-order chi connectivity index (χ0) is 11.9. The van der Waals surface area contributed by atoms with Crippen LogP contribution in [0.3, 0.4) is 0 Å². The van der Waals surface area contributed by atoms with Gasteiger partial charge in [-0.1, -0.05) is 51.4 Å². The highest BCUT2D eigenvalue weighted by Gasteiger charge is 1.92. The summed E-state index contributed by atoms with van der Waals surface area (Å²) in [5.41, 5.74) is 0. The molecule has 0 spiro atoms. The number of aliphatic hydroxyl groups excluding tert-OH is 1. The molecule has 0 fully saturated rings. The summed E-state index contributed by atoms with van der Waals surface area (Å²) in [6.07, 6.45) is 14.9. The third-order valence-electron chi connectivity index (χ3n) is 2.84. The number of hydrogen-bond donors (Lipinski definition) is 1. The van der Waals surface area contributed by atoms with E-state index in [9.17, 15) is 4.79 Å². The van der Waals surface area contributed by atoms with E-state index < -0.39 is 0 Å². The van der Waals surface area contributed by atoms with Gasteiger partial charge in [-0.3, -0.25) is 0 Å². The lowest BCUT2D eigenvalue weighted by atomic mass is 10.1. The van der Waals surface area contributed by atoms with Gasteiger partial charge in [0.2, 0.25) is 0 Å². The molecule has 2 nitrogen and oxygen atoms in total. The van der Waals surface area contributed by atoms with Crippen LogP contribution in [0.5, 0.6) is 0 Å². The number of allylic oxidation sites excluding steroid dienone is 1. The minimum absolute atomic E-state index is 0.342. The number of carbonyl (C=O) groups excluding carboxylic acids is 1. The van der Waals surface area contributed by atoms with Gasteiger partial charge in [-0.15, -0.1) is 0 Å². The molecule has 0 aliphatic heterocycles. The first-order valence-corrected chi connectivity index (χ1v) is 6.72. The van der Waals surface area contributed by atoms with Crippen LogP contribution in [0.15, 0.2) is 6.08 Å². The van der Waals surface area contributed by atoms with Crippen molar-refractivity contribution in [2.24, 2.45) is 0 Å². The Hall–Kier alpha value is -0.590. The Balaban J connectivity index is 2.90. The van der Waals surface area contributed by atoms with Crippen molar-refractivity contribution in [3.63, 3.8) is 0 Å². The molecule has 0 atom stereocenters. The first-order chi connectivity index (χ1) is 7.91. The van der Waals surface area contributed by atoms with E-state index in [1.54, 1.807) is 6.08 Å². The van der Waals surface area contributed by atoms with Crippen LogP contribution < -0.4 is 0 Å². The van der Waals surface area contributed by atoms with Crippen LogP contribution in [0.2, 0.25) is 0 Å². The van der Waals surface area contributed by atoms with Gasteiger partial charge < -0.3 is 5.11 Å². The molecule has 0 aliphatic carbocycles. The molecule has 0 saturated heterocycles. The molecule has 1 N–H and O–H groups in total. The molecular formula is C14H26O2. The van der Waals surface area contributed by atoms with Crippen molar-refractivity contribution < 1.29 is 9.90 Å². The highest BCUT2D eigenvalue weighted by Crippen LogP contribution is 2.11. The zero-order valence-electron chi connectivity index (χ0n) is 10.4. The summed E-state index contributed by atoms with van der Waals surface area (Å²) in [5.74, 6) is 1.81. The van der Waals surface area contributed by atoms with Crippen molar-refractivity contribution in [3.05, 3.63) is 6.08 Å². The van der Waals surface area contributed by atoms with Gasteiger partial charge in [0, 0.05) is 6.61 Å². The highest BCUT2D eigenvalue weighted by molar-refractivity contribution is 5.44. The Morgan fingerprint density at radius 2 is 1.19 bits per heavy atom. The Morgan fingerprint density at radius 3 is 1.62 bits per heavy atom. The highest BCUT2D eigenvalue weighted by atomic mass is 16.2. The molecule has 0 unspecified atom stereocenters. The second-order valence-electron chi connectivity index (χ2n) is 4.37. The monoisotopic (exact) mass is 226 g/mol. The molecule has 94 valence electrons. The number of unbranched alkanes of at least 4 members (excludes halogenated alkanes) is 10. The normalized spacial score (nSPS) is 10.1. The standard InChI is InChI=1S/C14H26O2/c15-13-11-9-7-5-3-1-2-4-6-8-10-12-14-16/h11,16H,1-10,12,14H2. The van der Waals surface area contributed by atoms with Gasteiger partial charge in [-0.25, -0.2) is 4.79 Å². The lowest BCUT2D eigenvalue weighted by molar-refractivity contribution is 0.282. The molecule has 2 heteroatoms. The Kier molecular flexibility index (Phi) is 13.9. The molecule has 0 aromatic rings. The third kappa shape index (κ3) is 13.4. The number of aliphatic hydroxyl groups is 1. The van der Waals surface area contributed by atoms with Crippen molar-refractivity contribution in [3.8, 4) is 0 Å². The number of hydrogen-bond acceptors (Lipinski definition) is 2. The summed E-state index contributed by atoms with van der Waals surface area (Å²) in [7, 11) is 0. The van der Waals surface area contributed by atoms with Gasteiger partial charge in [0.1, 0.15) is 5.94 Å². The smallest absolute Gasteiger partial charge is 0.120 e. The Morgan fingerprint density at radius 1 is 0.750 bits per heavy atom. The van der Waals surface area contributed by atoms with Crippen molar-refractivity contribution >= 4 is 5.94 Å². The fourth-order valence-electron chi connectivity index (χ4n) is 1.83. The minimum atomic E-state index is 0.342. The summed E-state index contributed by atoms with van der Waals surface area (Å²) in [4.78, 5) is 9.89. The Labute approximate surface area is 99.7 Å². The van der Waals surface area contributed by atoms with Crippen LogP contribution in [0.4, 0.5) is 0 Å². The predicted octanol–water partition coefficient (Wildman–Crippen LogP) is 3.66. The van der Waals surface area contributed by atoms with E-state index in [0.717, 1.165) is 19.3 Å². The van der Waals surface area contributed by atoms with E-state index in [-0.39, 0.29) is 0 Å². The quantitative estimate of drug-likeness (QED) is 0.407. The van der Waals surface area contributed by atoms with Gasteiger partial charge in [-0.2, -0.15) is 0 Å². The van der Waals surface area contributed by atoms with Crippen LogP contribution in [0, 0.1) is 0 Å². The van der Waals surface area contributed by atoms with Gasteiger partial charge in [-0.05, 0) is 25.3 Å². The average Bonchev–Trinajstić information content (AvgIpc) is 2.31. The summed E-state index contributed by atoms with van der Waals surface area (Å²) in [6.45, 7) is 0.342. The van der Waals surface area contributed by atoms with Crippen molar-refractivity contribution in [2.75, 3.05) is 6.61 Å². The maximum atomic E-state index is 9.89. The molecule has 0 amide bonds. The summed E-state index contributed by atoms with van der Waals surface area (Å²) in [5, 5.41) is 8.60. The molecule has 0 aromatic carbocycles. The lowest BCUT2D eigenvalue weighted by Gasteiger charge is -2.01. The molecule has 0 heterocycles. The summed E-state index contributed by atoms with van der Waals surface area (Å²) < 4.78 is 0. The average molecular weight is 226 g/mol. The van der Waals surface area contributed by atoms with Crippen LogP contribution in [-0.4, -0.2) is 17.7 Å². The molecule has 0 aromatic heterocycles. The SMILES string of the molecule is O=C=CCCCCCCCCCCCCO. The maximum absolute atomic E-state index is 9.89.